The van der Waals surface area contributed by atoms with Gasteiger partial charge < -0.3 is 16.4 Å². The number of hydrogen-bond donors (Lipinski definition) is 3. The highest BCUT2D eigenvalue weighted by Crippen LogP contribution is 2.15. The van der Waals surface area contributed by atoms with E-state index < -0.39 is 0 Å². The molecule has 0 radical (unpaired) electrons. The van der Waals surface area contributed by atoms with Gasteiger partial charge in [0.25, 0.3) is 0 Å². The summed E-state index contributed by atoms with van der Waals surface area (Å²) >= 11 is 0. The van der Waals surface area contributed by atoms with Crippen LogP contribution in [0.3, 0.4) is 0 Å². The topological polar surface area (TPSA) is 112 Å². The Morgan fingerprint density at radius 3 is 2.46 bits per heavy atom. The number of nitrogens with two attached hydrogens (primary N) is 1. The number of rotatable bonds is 7. The number of likely N-dealkylation sites (N-methyl/N-ethyl adjacent to an activating group) is 1. The zero-order valence-electron chi connectivity index (χ0n) is 15.9. The molecule has 0 saturated carbocycles. The van der Waals surface area contributed by atoms with Crippen molar-refractivity contribution in [1.82, 2.24) is 30.1 Å². The number of hydrogen-bond acceptors (Lipinski definition) is 8. The number of piperazine rings is 1. The number of benzene rings is 1. The number of amides is 1. The van der Waals surface area contributed by atoms with Gasteiger partial charge in [0.1, 0.15) is 11.6 Å². The molecule has 1 saturated heterocycles. The zero-order chi connectivity index (χ0) is 19.9. The van der Waals surface area contributed by atoms with Gasteiger partial charge >= 0.3 is 0 Å². The summed E-state index contributed by atoms with van der Waals surface area (Å²) in [4.78, 5) is 28.7. The lowest BCUT2D eigenvalue weighted by Gasteiger charge is -2.33. The summed E-state index contributed by atoms with van der Waals surface area (Å²) in [5.41, 5.74) is 6.48. The van der Waals surface area contributed by atoms with E-state index in [-0.39, 0.29) is 17.7 Å². The molecule has 4 N–H and O–H groups in total. The highest BCUT2D eigenvalue weighted by atomic mass is 19.1. The Bertz CT molecular complexity index is 793. The van der Waals surface area contributed by atoms with Crippen LogP contribution < -0.4 is 16.4 Å². The molecule has 1 aromatic carbocycles. The van der Waals surface area contributed by atoms with Gasteiger partial charge in [-0.3, -0.25) is 14.6 Å². The predicted molar refractivity (Wildman–Crippen MR) is 104 cm³/mol. The van der Waals surface area contributed by atoms with Crippen LogP contribution in [0.25, 0.3) is 0 Å². The maximum absolute atomic E-state index is 13.0. The number of nitrogens with one attached hydrogen (secondary N) is 2. The molecule has 3 rings (SSSR count). The van der Waals surface area contributed by atoms with Gasteiger partial charge in [-0.1, -0.05) is 0 Å². The molecule has 0 atom stereocenters. The van der Waals surface area contributed by atoms with E-state index in [1.165, 1.54) is 12.1 Å². The molecular formula is C18H25FN8O. The van der Waals surface area contributed by atoms with Crippen LogP contribution in [-0.2, 0) is 11.3 Å². The van der Waals surface area contributed by atoms with Crippen molar-refractivity contribution < 1.29 is 9.18 Å². The van der Waals surface area contributed by atoms with E-state index in [1.54, 1.807) is 12.1 Å². The average Bonchev–Trinajstić information content (AvgIpc) is 2.65. The van der Waals surface area contributed by atoms with Crippen molar-refractivity contribution in [2.75, 3.05) is 50.3 Å². The van der Waals surface area contributed by atoms with E-state index in [9.17, 15) is 9.18 Å². The molecule has 0 unspecified atom stereocenters. The van der Waals surface area contributed by atoms with Gasteiger partial charge in [-0.15, -0.1) is 0 Å². The Labute approximate surface area is 163 Å². The Balaban J connectivity index is 1.55. The van der Waals surface area contributed by atoms with Crippen LogP contribution in [0, 0.1) is 5.82 Å². The van der Waals surface area contributed by atoms with Crippen LogP contribution >= 0.6 is 0 Å². The molecule has 10 heteroatoms. The van der Waals surface area contributed by atoms with E-state index in [0.29, 0.717) is 37.1 Å². The summed E-state index contributed by atoms with van der Waals surface area (Å²) in [5.74, 6) is 0.758. The fourth-order valence-corrected chi connectivity index (χ4v) is 2.99. The summed E-state index contributed by atoms with van der Waals surface area (Å²) in [6.07, 6.45) is 0. The molecule has 9 nitrogen and oxygen atoms in total. The normalized spacial score (nSPS) is 15.4. The lowest BCUT2D eigenvalue weighted by molar-refractivity contribution is -0.122. The SMILES string of the molecule is CCNC(=O)CN1CCN(Cc2nc(N)nc(Nc3ccc(F)cc3)n2)CC1. The lowest BCUT2D eigenvalue weighted by atomic mass is 10.3. The van der Waals surface area contributed by atoms with Crippen LogP contribution in [-0.4, -0.2) is 69.9 Å². The largest absolute Gasteiger partial charge is 0.368 e. The molecule has 28 heavy (non-hydrogen) atoms. The third-order valence-corrected chi connectivity index (χ3v) is 4.37. The van der Waals surface area contributed by atoms with Gasteiger partial charge in [0.05, 0.1) is 13.1 Å². The number of nitrogen functional groups attached to an aromatic ring is 1. The van der Waals surface area contributed by atoms with Crippen molar-refractivity contribution in [2.45, 2.75) is 13.5 Å². The Morgan fingerprint density at radius 1 is 1.11 bits per heavy atom. The Kier molecular flexibility index (Phi) is 6.66. The summed E-state index contributed by atoms with van der Waals surface area (Å²) < 4.78 is 13.0. The first-order valence-corrected chi connectivity index (χ1v) is 9.26. The highest BCUT2D eigenvalue weighted by molar-refractivity contribution is 5.77. The molecule has 0 bridgehead atoms. The van der Waals surface area contributed by atoms with E-state index in [4.69, 9.17) is 5.73 Å². The molecule has 150 valence electrons. The molecule has 0 spiro atoms. The highest BCUT2D eigenvalue weighted by Gasteiger charge is 2.20. The van der Waals surface area contributed by atoms with Crippen LogP contribution in [0.1, 0.15) is 12.7 Å². The van der Waals surface area contributed by atoms with Gasteiger partial charge in [0.15, 0.2) is 0 Å². The molecule has 1 aliphatic rings. The minimum absolute atomic E-state index is 0.0534. The molecule has 1 aromatic heterocycles. The Morgan fingerprint density at radius 2 is 1.79 bits per heavy atom. The van der Waals surface area contributed by atoms with Crippen molar-refractivity contribution in [3.63, 3.8) is 0 Å². The monoisotopic (exact) mass is 388 g/mol. The second-order valence-corrected chi connectivity index (χ2v) is 6.57. The van der Waals surface area contributed by atoms with Crippen molar-refractivity contribution >= 4 is 23.5 Å². The first-order chi connectivity index (χ1) is 13.5. The fraction of sp³-hybridized carbons (Fsp3) is 0.444. The summed E-state index contributed by atoms with van der Waals surface area (Å²) in [7, 11) is 0. The van der Waals surface area contributed by atoms with Crippen molar-refractivity contribution in [2.24, 2.45) is 0 Å². The van der Waals surface area contributed by atoms with Crippen LogP contribution in [0.4, 0.5) is 22.0 Å². The third kappa shape index (κ3) is 5.83. The molecule has 1 fully saturated rings. The number of halogens is 1. The van der Waals surface area contributed by atoms with Gasteiger partial charge in [0, 0.05) is 38.4 Å². The second-order valence-electron chi connectivity index (χ2n) is 6.57. The molecule has 2 aromatic rings. The van der Waals surface area contributed by atoms with Crippen LogP contribution in [0.2, 0.25) is 0 Å². The number of carbonyl (C=O) groups is 1. The second kappa shape index (κ2) is 9.38. The van der Waals surface area contributed by atoms with Crippen LogP contribution in [0.5, 0.6) is 0 Å². The standard InChI is InChI=1S/C18H25FN8O/c1-2-21-16(28)12-27-9-7-26(8-10-27)11-15-23-17(20)25-18(24-15)22-14-5-3-13(19)4-6-14/h3-6H,2,7-12H2,1H3,(H,21,28)(H3,20,22,23,24,25). The van der Waals surface area contributed by atoms with Crippen molar-refractivity contribution in [3.05, 3.63) is 35.9 Å². The minimum atomic E-state index is -0.312. The quantitative estimate of drug-likeness (QED) is 0.632. The summed E-state index contributed by atoms with van der Waals surface area (Å²) in [5, 5.41) is 5.83. The lowest BCUT2D eigenvalue weighted by Crippen LogP contribution is -2.49. The van der Waals surface area contributed by atoms with E-state index >= 15 is 0 Å². The number of aromatic nitrogens is 3. The van der Waals surface area contributed by atoms with E-state index in [1.807, 2.05) is 6.92 Å². The molecule has 0 aliphatic carbocycles. The number of anilines is 3. The predicted octanol–water partition coefficient (Wildman–Crippen LogP) is 0.590. The fourth-order valence-electron chi connectivity index (χ4n) is 2.99. The zero-order valence-corrected chi connectivity index (χ0v) is 15.9. The minimum Gasteiger partial charge on any atom is -0.368 e. The van der Waals surface area contributed by atoms with Gasteiger partial charge in [-0.2, -0.15) is 15.0 Å². The Hall–Kier alpha value is -2.85. The smallest absolute Gasteiger partial charge is 0.234 e. The molecular weight excluding hydrogens is 363 g/mol. The van der Waals surface area contributed by atoms with Crippen LogP contribution in [0.15, 0.2) is 24.3 Å². The first kappa shape index (κ1) is 19.9. The summed E-state index contributed by atoms with van der Waals surface area (Å²) in [6, 6.07) is 5.91. The van der Waals surface area contributed by atoms with E-state index in [0.717, 1.165) is 26.2 Å². The maximum Gasteiger partial charge on any atom is 0.234 e. The average molecular weight is 388 g/mol. The van der Waals surface area contributed by atoms with Gasteiger partial charge in [-0.05, 0) is 31.2 Å². The molecule has 1 amide bonds. The number of carbonyl (C=O) groups excluding carboxylic acids is 1. The molecule has 1 aliphatic heterocycles. The summed E-state index contributed by atoms with van der Waals surface area (Å²) in [6.45, 7) is 6.75. The van der Waals surface area contributed by atoms with Crippen molar-refractivity contribution in [3.8, 4) is 0 Å². The maximum atomic E-state index is 13.0. The molecule has 2 heterocycles. The number of nitrogens with zero attached hydrogens (tertiary/aromatic N) is 5. The van der Waals surface area contributed by atoms with Crippen molar-refractivity contribution in [1.29, 1.82) is 0 Å². The third-order valence-electron chi connectivity index (χ3n) is 4.37. The van der Waals surface area contributed by atoms with Gasteiger partial charge in [-0.25, -0.2) is 4.39 Å². The van der Waals surface area contributed by atoms with E-state index in [2.05, 4.69) is 35.4 Å². The first-order valence-electron chi connectivity index (χ1n) is 9.26. The van der Waals surface area contributed by atoms with Gasteiger partial charge in [0.2, 0.25) is 17.8 Å².